The maximum absolute atomic E-state index is 12.5. The Morgan fingerprint density at radius 1 is 1.40 bits per heavy atom. The van der Waals surface area contributed by atoms with Crippen molar-refractivity contribution in [1.29, 1.82) is 0 Å². The highest BCUT2D eigenvalue weighted by molar-refractivity contribution is 9.12. The van der Waals surface area contributed by atoms with E-state index in [1.165, 1.54) is 15.6 Å². The van der Waals surface area contributed by atoms with Gasteiger partial charge in [-0.2, -0.15) is 4.31 Å². The van der Waals surface area contributed by atoms with E-state index in [0.29, 0.717) is 15.2 Å². The molecule has 5 nitrogen and oxygen atoms in total. The van der Waals surface area contributed by atoms with Crippen LogP contribution < -0.4 is 5.32 Å². The number of nitrogens with zero attached hydrogens (tertiary/aromatic N) is 2. The number of hydrogen-bond donors (Lipinski definition) is 1. The van der Waals surface area contributed by atoms with Gasteiger partial charge in [-0.3, -0.25) is 4.90 Å². The van der Waals surface area contributed by atoms with Gasteiger partial charge >= 0.3 is 0 Å². The average Bonchev–Trinajstić information content (AvgIpc) is 2.77. The van der Waals surface area contributed by atoms with Crippen LogP contribution in [0, 0.1) is 0 Å². The molecule has 2 heterocycles. The molecule has 0 bridgehead atoms. The molecule has 20 heavy (non-hydrogen) atoms. The Bertz CT molecular complexity index is 556. The molecule has 0 aliphatic carbocycles. The lowest BCUT2D eigenvalue weighted by Gasteiger charge is -2.28. The molecule has 0 aromatic carbocycles. The molecule has 9 heteroatoms. The molecule has 1 aromatic rings. The fourth-order valence-electron chi connectivity index (χ4n) is 2.01. The average molecular weight is 447 g/mol. The van der Waals surface area contributed by atoms with E-state index in [-0.39, 0.29) is 0 Å². The van der Waals surface area contributed by atoms with Crippen LogP contribution >= 0.6 is 43.2 Å². The van der Waals surface area contributed by atoms with E-state index in [1.807, 2.05) is 0 Å². The zero-order valence-corrected chi connectivity index (χ0v) is 15.9. The first-order chi connectivity index (χ1) is 9.41. The first kappa shape index (κ1) is 16.9. The monoisotopic (exact) mass is 445 g/mol. The number of likely N-dealkylation sites (N-methyl/N-ethyl adjacent to an activating group) is 1. The SMILES string of the molecule is CN(CCN1CCNCC1)S(=O)(=O)c1cc(Br)sc1Br. The molecule has 1 fully saturated rings. The predicted molar refractivity (Wildman–Crippen MR) is 88.8 cm³/mol. The first-order valence-corrected chi connectivity index (χ1v) is 10.1. The molecule has 0 amide bonds. The molecule has 114 valence electrons. The molecule has 2 rings (SSSR count). The van der Waals surface area contributed by atoms with Crippen molar-refractivity contribution >= 4 is 53.2 Å². The molecular formula is C11H17Br2N3O2S2. The minimum Gasteiger partial charge on any atom is -0.314 e. The van der Waals surface area contributed by atoms with Crippen LogP contribution in [0.3, 0.4) is 0 Å². The van der Waals surface area contributed by atoms with Crippen LogP contribution in [0.2, 0.25) is 0 Å². The van der Waals surface area contributed by atoms with Crippen molar-refractivity contribution in [3.63, 3.8) is 0 Å². The lowest BCUT2D eigenvalue weighted by molar-refractivity contribution is 0.229. The molecule has 1 saturated heterocycles. The lowest BCUT2D eigenvalue weighted by atomic mass is 10.3. The Morgan fingerprint density at radius 2 is 2.05 bits per heavy atom. The van der Waals surface area contributed by atoms with Crippen LogP contribution in [-0.4, -0.2) is 63.9 Å². The Labute approximate surface area is 140 Å². The molecule has 1 N–H and O–H groups in total. The van der Waals surface area contributed by atoms with Gasteiger partial charge in [0.15, 0.2) is 0 Å². The summed E-state index contributed by atoms with van der Waals surface area (Å²) in [5.41, 5.74) is 0. The molecular weight excluding hydrogens is 430 g/mol. The Morgan fingerprint density at radius 3 is 2.60 bits per heavy atom. The minimum absolute atomic E-state index is 0.331. The molecule has 0 saturated carbocycles. The highest BCUT2D eigenvalue weighted by Gasteiger charge is 2.25. The summed E-state index contributed by atoms with van der Waals surface area (Å²) in [4.78, 5) is 2.61. The number of hydrogen-bond acceptors (Lipinski definition) is 5. The maximum Gasteiger partial charge on any atom is 0.244 e. The smallest absolute Gasteiger partial charge is 0.244 e. The molecule has 1 aromatic heterocycles. The molecule has 0 radical (unpaired) electrons. The number of rotatable bonds is 5. The van der Waals surface area contributed by atoms with Gasteiger partial charge in [0, 0.05) is 46.3 Å². The van der Waals surface area contributed by atoms with Gasteiger partial charge in [0.2, 0.25) is 10.0 Å². The highest BCUT2D eigenvalue weighted by Crippen LogP contribution is 2.35. The largest absolute Gasteiger partial charge is 0.314 e. The van der Waals surface area contributed by atoms with Gasteiger partial charge in [0.1, 0.15) is 4.90 Å². The molecule has 0 unspecified atom stereocenters. The van der Waals surface area contributed by atoms with Gasteiger partial charge in [-0.05, 0) is 37.9 Å². The van der Waals surface area contributed by atoms with E-state index in [1.54, 1.807) is 13.1 Å². The molecule has 0 spiro atoms. The summed E-state index contributed by atoms with van der Waals surface area (Å²) in [5, 5.41) is 3.29. The fraction of sp³-hybridized carbons (Fsp3) is 0.636. The van der Waals surface area contributed by atoms with Crippen LogP contribution in [0.15, 0.2) is 18.5 Å². The minimum atomic E-state index is -3.43. The van der Waals surface area contributed by atoms with E-state index in [9.17, 15) is 8.42 Å². The van der Waals surface area contributed by atoms with Crippen LogP contribution in [0.5, 0.6) is 0 Å². The zero-order chi connectivity index (χ0) is 14.8. The van der Waals surface area contributed by atoms with Gasteiger partial charge in [0.25, 0.3) is 0 Å². The lowest BCUT2D eigenvalue weighted by Crippen LogP contribution is -2.46. The first-order valence-electron chi connectivity index (χ1n) is 6.25. The fourth-order valence-corrected chi connectivity index (χ4v) is 6.93. The van der Waals surface area contributed by atoms with Gasteiger partial charge in [-0.15, -0.1) is 11.3 Å². The van der Waals surface area contributed by atoms with Crippen molar-refractivity contribution in [3.8, 4) is 0 Å². The normalized spacial score (nSPS) is 17.8. The topological polar surface area (TPSA) is 52.6 Å². The maximum atomic E-state index is 12.5. The summed E-state index contributed by atoms with van der Waals surface area (Å²) in [6.45, 7) is 5.16. The number of piperazine rings is 1. The van der Waals surface area contributed by atoms with Gasteiger partial charge in [0.05, 0.1) is 7.57 Å². The van der Waals surface area contributed by atoms with Gasteiger partial charge in [-0.25, -0.2) is 8.42 Å². The third-order valence-electron chi connectivity index (χ3n) is 3.25. The van der Waals surface area contributed by atoms with E-state index in [4.69, 9.17) is 0 Å². The van der Waals surface area contributed by atoms with Crippen LogP contribution in [0.1, 0.15) is 0 Å². The predicted octanol–water partition coefficient (Wildman–Crippen LogP) is 1.80. The third kappa shape index (κ3) is 4.02. The second-order valence-electron chi connectivity index (χ2n) is 4.61. The standard InChI is InChI=1S/C11H17Br2N3O2S2/c1-15(6-7-16-4-2-14-3-5-16)20(17,18)9-8-10(12)19-11(9)13/h8,14H,2-7H2,1H3. The summed E-state index contributed by atoms with van der Waals surface area (Å²) in [6.07, 6.45) is 0. The van der Waals surface area contributed by atoms with Gasteiger partial charge < -0.3 is 5.32 Å². The summed E-state index contributed by atoms with van der Waals surface area (Å²) in [6, 6.07) is 1.64. The third-order valence-corrected chi connectivity index (χ3v) is 7.87. The van der Waals surface area contributed by atoms with E-state index >= 15 is 0 Å². The highest BCUT2D eigenvalue weighted by atomic mass is 79.9. The van der Waals surface area contributed by atoms with Crippen molar-refractivity contribution in [2.45, 2.75) is 4.90 Å². The Kier molecular flexibility index (Phi) is 6.04. The van der Waals surface area contributed by atoms with Crippen molar-refractivity contribution in [3.05, 3.63) is 13.6 Å². The molecule has 0 atom stereocenters. The summed E-state index contributed by atoms with van der Waals surface area (Å²) in [7, 11) is -1.79. The van der Waals surface area contributed by atoms with Crippen molar-refractivity contribution in [2.24, 2.45) is 0 Å². The Hall–Kier alpha value is 0.490. The van der Waals surface area contributed by atoms with E-state index < -0.39 is 10.0 Å². The van der Waals surface area contributed by atoms with Crippen LogP contribution in [0.4, 0.5) is 0 Å². The number of halogens is 2. The van der Waals surface area contributed by atoms with Crippen LogP contribution in [-0.2, 0) is 10.0 Å². The summed E-state index contributed by atoms with van der Waals surface area (Å²) in [5.74, 6) is 0. The summed E-state index contributed by atoms with van der Waals surface area (Å²) < 4.78 is 27.8. The number of nitrogens with one attached hydrogen (secondary N) is 1. The van der Waals surface area contributed by atoms with E-state index in [0.717, 1.165) is 36.5 Å². The Balaban J connectivity index is 2.00. The van der Waals surface area contributed by atoms with E-state index in [2.05, 4.69) is 42.1 Å². The van der Waals surface area contributed by atoms with Crippen molar-refractivity contribution in [1.82, 2.24) is 14.5 Å². The number of sulfonamides is 1. The summed E-state index contributed by atoms with van der Waals surface area (Å²) >= 11 is 8.00. The van der Waals surface area contributed by atoms with Crippen molar-refractivity contribution in [2.75, 3.05) is 46.3 Å². The second kappa shape index (κ2) is 7.17. The van der Waals surface area contributed by atoms with Crippen molar-refractivity contribution < 1.29 is 8.42 Å². The zero-order valence-electron chi connectivity index (χ0n) is 11.1. The van der Waals surface area contributed by atoms with Gasteiger partial charge in [-0.1, -0.05) is 0 Å². The van der Waals surface area contributed by atoms with Crippen LogP contribution in [0.25, 0.3) is 0 Å². The molecule has 1 aliphatic heterocycles. The quantitative estimate of drug-likeness (QED) is 0.749. The second-order valence-corrected chi connectivity index (χ2v) is 10.4. The molecule has 1 aliphatic rings. The number of thiophene rings is 1.